The predicted octanol–water partition coefficient (Wildman–Crippen LogP) is 9.65. The van der Waals surface area contributed by atoms with E-state index in [-0.39, 0.29) is 43.0 Å². The number of carbonyl (C=O) groups excluding carboxylic acids is 3. The Morgan fingerprint density at radius 2 is 1.43 bits per heavy atom. The molecule has 1 aromatic heterocycles. The molecule has 14 nitrogen and oxygen atoms in total. The number of pyridine rings is 1. The number of nitrogens with one attached hydrogen (secondary N) is 2. The maximum atomic E-state index is 14.1. The van der Waals surface area contributed by atoms with Gasteiger partial charge in [-0.2, -0.15) is 0 Å². The van der Waals surface area contributed by atoms with Crippen LogP contribution >= 0.6 is 21.6 Å². The zero-order valence-electron chi connectivity index (χ0n) is 38.9. The number of unbranched alkanes of at least 4 members (excludes halogenated alkanes) is 1. The van der Waals surface area contributed by atoms with Gasteiger partial charge in [0.2, 0.25) is 5.91 Å². The lowest BCUT2D eigenvalue weighted by Crippen LogP contribution is -2.39. The van der Waals surface area contributed by atoms with Gasteiger partial charge in [0.15, 0.2) is 23.0 Å². The van der Waals surface area contributed by atoms with Gasteiger partial charge in [0.05, 0.1) is 55.4 Å². The Labute approximate surface area is 414 Å². The normalized spacial score (nSPS) is 16.1. The Balaban J connectivity index is 0.827. The van der Waals surface area contributed by atoms with Gasteiger partial charge in [0, 0.05) is 67.6 Å². The van der Waals surface area contributed by atoms with Crippen molar-refractivity contribution in [3.8, 4) is 28.7 Å². The van der Waals surface area contributed by atoms with Crippen molar-refractivity contribution in [3.05, 3.63) is 149 Å². The monoisotopic (exact) mass is 976 g/mol. The Bertz CT molecular complexity index is 2950. The minimum Gasteiger partial charge on any atom is -0.494 e. The highest BCUT2D eigenvalue weighted by Gasteiger charge is 2.39. The average Bonchev–Trinajstić information content (AvgIpc) is 3.88. The molecule has 0 aliphatic carbocycles. The van der Waals surface area contributed by atoms with Crippen LogP contribution in [-0.4, -0.2) is 80.7 Å². The fraction of sp³-hybridized carbons (Fsp3) is 0.278. The van der Waals surface area contributed by atoms with Crippen LogP contribution in [0.25, 0.3) is 0 Å². The third-order valence-electron chi connectivity index (χ3n) is 12.7. The number of carbonyl (C=O) groups is 3. The van der Waals surface area contributed by atoms with Gasteiger partial charge in [-0.1, -0.05) is 53.3 Å². The first-order valence-corrected chi connectivity index (χ1v) is 25.7. The Morgan fingerprint density at radius 1 is 0.743 bits per heavy atom. The molecule has 5 heterocycles. The molecule has 4 aliphatic rings. The lowest BCUT2D eigenvalue weighted by Gasteiger charge is -2.22. The van der Waals surface area contributed by atoms with Crippen LogP contribution < -0.4 is 44.1 Å². The molecule has 4 aliphatic heterocycles. The summed E-state index contributed by atoms with van der Waals surface area (Å²) in [6.07, 6.45) is 6.79. The maximum Gasteiger partial charge on any atom is 0.261 e. The van der Waals surface area contributed by atoms with Gasteiger partial charge < -0.3 is 39.2 Å². The molecule has 0 unspecified atom stereocenters. The Kier molecular flexibility index (Phi) is 14.1. The second-order valence-corrected chi connectivity index (χ2v) is 19.7. The number of nitrogens with zero attached hydrogens (tertiary/aromatic N) is 4. The molecule has 3 amide bonds. The summed E-state index contributed by atoms with van der Waals surface area (Å²) in [4.78, 5) is 53.5. The summed E-state index contributed by atoms with van der Waals surface area (Å²) >= 11 is 0. The molecule has 16 heteroatoms. The van der Waals surface area contributed by atoms with E-state index < -0.39 is 0 Å². The summed E-state index contributed by atoms with van der Waals surface area (Å²) in [7, 11) is 6.36. The molecule has 0 saturated heterocycles. The van der Waals surface area contributed by atoms with Gasteiger partial charge in [0.25, 0.3) is 11.8 Å². The average molecular weight is 977 g/mol. The quantitative estimate of drug-likeness (QED) is 0.0587. The third kappa shape index (κ3) is 10.1. The van der Waals surface area contributed by atoms with E-state index in [1.807, 2.05) is 96.0 Å². The molecule has 5 aromatic carbocycles. The zero-order valence-corrected chi connectivity index (χ0v) is 40.5. The number of amides is 3. The second-order valence-electron chi connectivity index (χ2n) is 17.3. The largest absolute Gasteiger partial charge is 0.494 e. The Morgan fingerprint density at radius 3 is 2.17 bits per heavy atom. The maximum absolute atomic E-state index is 14.1. The first-order chi connectivity index (χ1) is 34.3. The second kappa shape index (κ2) is 21.2. The third-order valence-corrected chi connectivity index (χ3v) is 14.9. The number of hydrogen-bond donors (Lipinski definition) is 2. The van der Waals surface area contributed by atoms with Crippen molar-refractivity contribution < 1.29 is 38.1 Å². The van der Waals surface area contributed by atoms with Crippen molar-refractivity contribution >= 4 is 68.3 Å². The molecule has 2 N–H and O–H groups in total. The fourth-order valence-electron chi connectivity index (χ4n) is 9.30. The summed E-state index contributed by atoms with van der Waals surface area (Å²) < 4.78 is 30.9. The number of aromatic nitrogens is 1. The summed E-state index contributed by atoms with van der Waals surface area (Å²) in [6, 6.07) is 34.5. The summed E-state index contributed by atoms with van der Waals surface area (Å²) in [5, 5.41) is 7.45. The van der Waals surface area contributed by atoms with Crippen LogP contribution in [0, 0.1) is 0 Å². The van der Waals surface area contributed by atoms with E-state index in [1.165, 1.54) is 0 Å². The molecule has 0 bridgehead atoms. The van der Waals surface area contributed by atoms with Crippen LogP contribution in [0.5, 0.6) is 28.7 Å². The van der Waals surface area contributed by atoms with E-state index in [0.717, 1.165) is 50.8 Å². The molecule has 0 fully saturated rings. The van der Waals surface area contributed by atoms with Crippen LogP contribution in [0.15, 0.2) is 125 Å². The molecule has 0 saturated carbocycles. The molecule has 358 valence electrons. The first-order valence-electron chi connectivity index (χ1n) is 23.4. The van der Waals surface area contributed by atoms with Gasteiger partial charge in [-0.05, 0) is 107 Å². The lowest BCUT2D eigenvalue weighted by molar-refractivity contribution is -0.121. The highest BCUT2D eigenvalue weighted by Crippen LogP contribution is 2.43. The zero-order chi connectivity index (χ0) is 48.0. The van der Waals surface area contributed by atoms with Crippen LogP contribution in [0.2, 0.25) is 0 Å². The highest BCUT2D eigenvalue weighted by molar-refractivity contribution is 8.76. The van der Waals surface area contributed by atoms with Crippen molar-refractivity contribution in [1.29, 1.82) is 0 Å². The number of anilines is 3. The van der Waals surface area contributed by atoms with Crippen molar-refractivity contribution in [3.63, 3.8) is 0 Å². The van der Waals surface area contributed by atoms with Gasteiger partial charge in [0.1, 0.15) is 24.0 Å². The number of para-hydroxylation sites is 2. The van der Waals surface area contributed by atoms with Crippen molar-refractivity contribution in [1.82, 2.24) is 10.3 Å². The van der Waals surface area contributed by atoms with E-state index in [0.29, 0.717) is 96.6 Å². The van der Waals surface area contributed by atoms with E-state index in [2.05, 4.69) is 21.7 Å². The Hall–Kier alpha value is -7.17. The number of rotatable bonds is 19. The molecule has 10 rings (SSSR count). The van der Waals surface area contributed by atoms with Crippen molar-refractivity contribution in [2.75, 3.05) is 54.8 Å². The van der Waals surface area contributed by atoms with Crippen LogP contribution in [0.4, 0.5) is 22.7 Å². The smallest absolute Gasteiger partial charge is 0.261 e. The highest BCUT2D eigenvalue weighted by atomic mass is 33.1. The molecule has 0 radical (unpaired) electrons. The minimum atomic E-state index is -0.189. The number of benzene rings is 5. The lowest BCUT2D eigenvalue weighted by atomic mass is 10.1. The van der Waals surface area contributed by atoms with E-state index >= 15 is 0 Å². The molecule has 6 aromatic rings. The van der Waals surface area contributed by atoms with Gasteiger partial charge in [-0.25, -0.2) is 4.98 Å². The van der Waals surface area contributed by atoms with E-state index in [1.54, 1.807) is 65.1 Å². The standard InChI is InChI=1S/C54H52N6O8S2/c1-64-47-26-41-43(57-30-38-24-36-11-3-5-13-45(36)59(38)53(41)62)28-49(47)67-32-34-21-35(23-40(22-34)66-19-10-8-15-51(61)55-18-20-69-70-52-16-7-9-17-56-52)33-68-50-29-44-42(27-48(50)65-2)54(63)60-39(31-58-44)25-37-12-4-6-14-46(37)60/h3-7,9,11-14,16-17,21-23,26-30,38-39,58H,8,10,15,18-20,24-25,31-33H2,1-2H3,(H,55,61)/t38-,39-/m0/s1. The number of fused-ring (bicyclic) bond motifs is 8. The number of methoxy groups -OCH3 is 2. The van der Waals surface area contributed by atoms with Crippen molar-refractivity contribution in [2.24, 2.45) is 4.99 Å². The molecule has 0 spiro atoms. The molecule has 2 atom stereocenters. The summed E-state index contributed by atoms with van der Waals surface area (Å²) in [5.41, 5.74) is 7.82. The number of hydrogen-bond acceptors (Lipinski definition) is 13. The molecule has 70 heavy (non-hydrogen) atoms. The van der Waals surface area contributed by atoms with Gasteiger partial charge >= 0.3 is 0 Å². The van der Waals surface area contributed by atoms with Gasteiger partial charge in [-0.3, -0.25) is 24.3 Å². The molecular formula is C54H52N6O8S2. The summed E-state index contributed by atoms with van der Waals surface area (Å²) in [6.45, 7) is 1.84. The van der Waals surface area contributed by atoms with Crippen LogP contribution in [-0.2, 0) is 30.8 Å². The van der Waals surface area contributed by atoms with E-state index in [4.69, 9.17) is 28.7 Å². The number of ether oxygens (including phenoxy) is 5. The first kappa shape index (κ1) is 46.6. The minimum absolute atomic E-state index is 0.00879. The van der Waals surface area contributed by atoms with E-state index in [9.17, 15) is 14.4 Å². The topological polar surface area (TPSA) is 153 Å². The van der Waals surface area contributed by atoms with Gasteiger partial charge in [-0.15, -0.1) is 0 Å². The summed E-state index contributed by atoms with van der Waals surface area (Å²) in [5.74, 6) is 2.91. The van der Waals surface area contributed by atoms with Crippen LogP contribution in [0.3, 0.4) is 0 Å². The molecular weight excluding hydrogens is 925 g/mol. The fourth-order valence-corrected chi connectivity index (χ4v) is 11.1. The number of aliphatic imine (C=N–C) groups is 1. The SMILES string of the molecule is COc1cc2c(cc1OCc1cc(COc3cc4c(cc3OC)C(=O)N3c5ccccc5C[C@H]3CN4)cc(OCCCCC(=O)NCCSSc3ccccn3)c1)N=C[C@@H]1Cc3ccccc3N1C2=O. The van der Waals surface area contributed by atoms with Crippen molar-refractivity contribution in [2.45, 2.75) is 62.4 Å². The predicted molar refractivity (Wildman–Crippen MR) is 274 cm³/mol. The van der Waals surface area contributed by atoms with Crippen LogP contribution in [0.1, 0.15) is 62.2 Å².